The highest BCUT2D eigenvalue weighted by atomic mass is 19.4. The number of nitrogens with zero attached hydrogens (tertiary/aromatic N) is 2. The average molecular weight is 304 g/mol. The van der Waals surface area contributed by atoms with Gasteiger partial charge in [0, 0.05) is 19.3 Å². The molecule has 1 aromatic rings. The van der Waals surface area contributed by atoms with Crippen LogP contribution in [-0.2, 0) is 15.7 Å². The van der Waals surface area contributed by atoms with Gasteiger partial charge in [-0.15, -0.1) is 0 Å². The summed E-state index contributed by atoms with van der Waals surface area (Å²) in [6.45, 7) is 3.32. The molecule has 21 heavy (non-hydrogen) atoms. The van der Waals surface area contributed by atoms with E-state index >= 15 is 0 Å². The van der Waals surface area contributed by atoms with Gasteiger partial charge in [-0.25, -0.2) is 9.78 Å². The summed E-state index contributed by atoms with van der Waals surface area (Å²) in [7, 11) is 0. The van der Waals surface area contributed by atoms with Crippen molar-refractivity contribution in [3.05, 3.63) is 23.5 Å². The summed E-state index contributed by atoms with van der Waals surface area (Å²) >= 11 is 0. The quantitative estimate of drug-likeness (QED) is 0.801. The molecular weight excluding hydrogens is 289 g/mol. The molecule has 0 aromatic carbocycles. The molecule has 0 saturated carbocycles. The monoisotopic (exact) mass is 304 g/mol. The Morgan fingerprint density at radius 1 is 1.43 bits per heavy atom. The van der Waals surface area contributed by atoms with Crippen LogP contribution in [0.3, 0.4) is 0 Å². The summed E-state index contributed by atoms with van der Waals surface area (Å²) in [5, 5.41) is 0. The van der Waals surface area contributed by atoms with Crippen LogP contribution in [0.1, 0.15) is 23.0 Å². The largest absolute Gasteiger partial charge is 0.461 e. The summed E-state index contributed by atoms with van der Waals surface area (Å²) < 4.78 is 48.5. The molecule has 1 saturated heterocycles. The second-order valence-electron chi connectivity index (χ2n) is 4.41. The Labute approximate surface area is 119 Å². The Morgan fingerprint density at radius 3 is 2.67 bits per heavy atom. The minimum absolute atomic E-state index is 0.105. The third-order valence-corrected chi connectivity index (χ3v) is 3.02. The fourth-order valence-electron chi connectivity index (χ4n) is 2.01. The Balaban J connectivity index is 2.41. The van der Waals surface area contributed by atoms with E-state index in [0.717, 1.165) is 6.07 Å². The molecule has 0 N–H and O–H groups in total. The molecule has 1 aliphatic heterocycles. The topological polar surface area (TPSA) is 51.7 Å². The lowest BCUT2D eigenvalue weighted by atomic mass is 10.2. The van der Waals surface area contributed by atoms with Crippen LogP contribution in [0, 0.1) is 0 Å². The minimum Gasteiger partial charge on any atom is -0.461 e. The van der Waals surface area contributed by atoms with Crippen molar-refractivity contribution < 1.29 is 27.4 Å². The van der Waals surface area contributed by atoms with Crippen molar-refractivity contribution in [2.75, 3.05) is 37.8 Å². The van der Waals surface area contributed by atoms with Crippen molar-refractivity contribution >= 4 is 11.7 Å². The molecule has 0 atom stereocenters. The zero-order valence-electron chi connectivity index (χ0n) is 11.4. The number of halogens is 3. The predicted octanol–water partition coefficient (Wildman–Crippen LogP) is 2.11. The fraction of sp³-hybridized carbons (Fsp3) is 0.538. The lowest BCUT2D eigenvalue weighted by Gasteiger charge is -2.30. The first-order valence-electron chi connectivity index (χ1n) is 6.50. The molecule has 0 unspecified atom stereocenters. The number of carbonyl (C=O) groups excluding carboxylic acids is 1. The molecule has 0 spiro atoms. The number of hydrogen-bond donors (Lipinski definition) is 0. The minimum atomic E-state index is -4.51. The van der Waals surface area contributed by atoms with Gasteiger partial charge >= 0.3 is 12.1 Å². The molecule has 2 rings (SSSR count). The second kappa shape index (κ2) is 6.30. The first-order chi connectivity index (χ1) is 9.93. The zero-order chi connectivity index (χ0) is 15.5. The van der Waals surface area contributed by atoms with Crippen LogP contribution in [0.5, 0.6) is 0 Å². The first-order valence-corrected chi connectivity index (χ1v) is 6.50. The van der Waals surface area contributed by atoms with E-state index in [2.05, 4.69) is 4.98 Å². The van der Waals surface area contributed by atoms with Gasteiger partial charge in [-0.2, -0.15) is 13.2 Å². The van der Waals surface area contributed by atoms with Crippen LogP contribution in [0.15, 0.2) is 12.3 Å². The number of rotatable bonds is 3. The molecule has 1 aromatic heterocycles. The lowest BCUT2D eigenvalue weighted by Crippen LogP contribution is -2.37. The molecule has 2 heterocycles. The van der Waals surface area contributed by atoms with Crippen LogP contribution in [0.2, 0.25) is 0 Å². The number of anilines is 1. The average Bonchev–Trinajstić information content (AvgIpc) is 2.47. The lowest BCUT2D eigenvalue weighted by molar-refractivity contribution is -0.137. The van der Waals surface area contributed by atoms with Gasteiger partial charge in [-0.05, 0) is 13.0 Å². The molecular formula is C13H15F3N2O3. The maximum atomic E-state index is 12.8. The molecule has 0 radical (unpaired) electrons. The maximum absolute atomic E-state index is 12.8. The van der Waals surface area contributed by atoms with Crippen LogP contribution >= 0.6 is 0 Å². The Bertz CT molecular complexity index is 514. The number of alkyl halides is 3. The smallest absolute Gasteiger partial charge is 0.417 e. The Morgan fingerprint density at radius 2 is 2.10 bits per heavy atom. The number of ether oxygens (including phenoxy) is 2. The van der Waals surface area contributed by atoms with E-state index in [4.69, 9.17) is 9.47 Å². The summed E-state index contributed by atoms with van der Waals surface area (Å²) in [5.74, 6) is -0.729. The highest BCUT2D eigenvalue weighted by Crippen LogP contribution is 2.32. The Hall–Kier alpha value is -1.83. The van der Waals surface area contributed by atoms with E-state index in [-0.39, 0.29) is 18.0 Å². The standard InChI is InChI=1S/C13H15F3N2O3/c1-2-21-12(19)11-10(18-3-5-20-6-4-18)7-9(8-17-11)13(14,15)16/h7-8H,2-6H2,1H3. The molecule has 1 fully saturated rings. The normalized spacial score (nSPS) is 15.9. The summed E-state index contributed by atoms with van der Waals surface area (Å²) in [4.78, 5) is 17.2. The van der Waals surface area contributed by atoms with Crippen molar-refractivity contribution in [3.63, 3.8) is 0 Å². The van der Waals surface area contributed by atoms with E-state index in [9.17, 15) is 18.0 Å². The highest BCUT2D eigenvalue weighted by Gasteiger charge is 2.33. The number of esters is 1. The van der Waals surface area contributed by atoms with E-state index in [0.29, 0.717) is 32.5 Å². The SMILES string of the molecule is CCOC(=O)c1ncc(C(F)(F)F)cc1N1CCOCC1. The third-order valence-electron chi connectivity index (χ3n) is 3.02. The number of pyridine rings is 1. The van der Waals surface area contributed by atoms with E-state index < -0.39 is 17.7 Å². The summed E-state index contributed by atoms with van der Waals surface area (Å²) in [6.07, 6.45) is -3.86. The van der Waals surface area contributed by atoms with Gasteiger partial charge in [0.05, 0.1) is 31.1 Å². The molecule has 0 amide bonds. The third kappa shape index (κ3) is 3.63. The number of carbonyl (C=O) groups is 1. The molecule has 1 aliphatic rings. The van der Waals surface area contributed by atoms with Crippen LogP contribution in [0.25, 0.3) is 0 Å². The summed E-state index contributed by atoms with van der Waals surface area (Å²) in [5.41, 5.74) is -0.865. The second-order valence-corrected chi connectivity index (χ2v) is 4.41. The maximum Gasteiger partial charge on any atom is 0.417 e. The van der Waals surface area contributed by atoms with Crippen molar-refractivity contribution in [1.82, 2.24) is 4.98 Å². The summed E-state index contributed by atoms with van der Waals surface area (Å²) in [6, 6.07) is 0.935. The van der Waals surface area contributed by atoms with Crippen LogP contribution in [0.4, 0.5) is 18.9 Å². The zero-order valence-corrected chi connectivity index (χ0v) is 11.4. The highest BCUT2D eigenvalue weighted by molar-refractivity contribution is 5.93. The van der Waals surface area contributed by atoms with E-state index in [1.165, 1.54) is 0 Å². The van der Waals surface area contributed by atoms with Crippen molar-refractivity contribution in [2.45, 2.75) is 13.1 Å². The fourth-order valence-corrected chi connectivity index (χ4v) is 2.01. The predicted molar refractivity (Wildman–Crippen MR) is 68.2 cm³/mol. The molecule has 116 valence electrons. The van der Waals surface area contributed by atoms with Gasteiger partial charge in [-0.1, -0.05) is 0 Å². The molecule has 8 heteroatoms. The van der Waals surface area contributed by atoms with Gasteiger partial charge in [0.25, 0.3) is 0 Å². The van der Waals surface area contributed by atoms with Gasteiger partial charge in [0.1, 0.15) is 0 Å². The molecule has 0 aliphatic carbocycles. The molecule has 0 bridgehead atoms. The van der Waals surface area contributed by atoms with E-state index in [1.54, 1.807) is 11.8 Å². The van der Waals surface area contributed by atoms with Gasteiger partial charge in [0.2, 0.25) is 0 Å². The first kappa shape index (κ1) is 15.6. The van der Waals surface area contributed by atoms with E-state index in [1.807, 2.05) is 0 Å². The van der Waals surface area contributed by atoms with Crippen molar-refractivity contribution in [3.8, 4) is 0 Å². The van der Waals surface area contributed by atoms with Crippen molar-refractivity contribution in [2.24, 2.45) is 0 Å². The number of morpholine rings is 1. The van der Waals surface area contributed by atoms with Crippen molar-refractivity contribution in [1.29, 1.82) is 0 Å². The van der Waals surface area contributed by atoms with Crippen LogP contribution < -0.4 is 4.90 Å². The van der Waals surface area contributed by atoms with Gasteiger partial charge < -0.3 is 14.4 Å². The van der Waals surface area contributed by atoms with Crippen LogP contribution in [-0.4, -0.2) is 43.9 Å². The number of hydrogen-bond acceptors (Lipinski definition) is 5. The number of aromatic nitrogens is 1. The van der Waals surface area contributed by atoms with Gasteiger partial charge in [-0.3, -0.25) is 0 Å². The Kier molecular flexibility index (Phi) is 4.66. The van der Waals surface area contributed by atoms with Gasteiger partial charge in [0.15, 0.2) is 5.69 Å². The molecule has 5 nitrogen and oxygen atoms in total.